The minimum absolute atomic E-state index is 0.0369. The molecule has 0 aliphatic heterocycles. The molecule has 27 heavy (non-hydrogen) atoms. The fraction of sp³-hybridized carbons (Fsp3) is 0.150. The maximum absolute atomic E-state index is 12.1. The van der Waals surface area contributed by atoms with E-state index in [2.05, 4.69) is 11.9 Å². The number of aromatic carboxylic acids is 1. The fourth-order valence-corrected chi connectivity index (χ4v) is 3.47. The average molecular weight is 403 g/mol. The van der Waals surface area contributed by atoms with Gasteiger partial charge in [-0.05, 0) is 42.0 Å². The van der Waals surface area contributed by atoms with Gasteiger partial charge in [-0.1, -0.05) is 54.2 Å². The number of aryl methyl sites for hydroxylation is 1. The molecular weight excluding hydrogens is 384 g/mol. The molecule has 5 nitrogen and oxygen atoms in total. The number of carboxylic acid groups (broad SMARTS) is 1. The number of carbonyl (C=O) groups is 2. The Morgan fingerprint density at radius 3 is 2.56 bits per heavy atom. The van der Waals surface area contributed by atoms with Gasteiger partial charge >= 0.3 is 5.97 Å². The van der Waals surface area contributed by atoms with Crippen LogP contribution in [-0.4, -0.2) is 22.0 Å². The van der Waals surface area contributed by atoms with Crippen molar-refractivity contribution >= 4 is 46.0 Å². The van der Waals surface area contributed by atoms with E-state index < -0.39 is 5.97 Å². The molecule has 140 valence electrons. The number of amides is 1. The summed E-state index contributed by atoms with van der Waals surface area (Å²) in [6.07, 6.45) is 0.492. The van der Waals surface area contributed by atoms with Crippen molar-refractivity contribution in [2.24, 2.45) is 0 Å². The highest BCUT2D eigenvalue weighted by Gasteiger charge is 2.13. The predicted octanol–water partition coefficient (Wildman–Crippen LogP) is 5.34. The normalized spacial score (nSPS) is 10.3. The van der Waals surface area contributed by atoms with Gasteiger partial charge in [-0.15, -0.1) is 0 Å². The van der Waals surface area contributed by atoms with E-state index in [1.807, 2.05) is 13.0 Å². The third-order valence-corrected chi connectivity index (χ3v) is 4.91. The van der Waals surface area contributed by atoms with Gasteiger partial charge in [-0.2, -0.15) is 0 Å². The fourth-order valence-electron chi connectivity index (χ4n) is 2.30. The van der Waals surface area contributed by atoms with E-state index >= 15 is 0 Å². The first kappa shape index (κ1) is 20.7. The monoisotopic (exact) mass is 402 g/mol. The Kier molecular flexibility index (Phi) is 7.21. The number of halogens is 1. The number of anilines is 1. The Labute approximate surface area is 166 Å². The Morgan fingerprint density at radius 1 is 1.19 bits per heavy atom. The van der Waals surface area contributed by atoms with Gasteiger partial charge in [0.05, 0.1) is 16.3 Å². The highest BCUT2D eigenvalue weighted by Crippen LogP contribution is 2.28. The van der Waals surface area contributed by atoms with Crippen LogP contribution in [0.1, 0.15) is 34.3 Å². The predicted molar refractivity (Wildman–Crippen MR) is 111 cm³/mol. The van der Waals surface area contributed by atoms with Gasteiger partial charge in [0.25, 0.3) is 0 Å². The molecule has 0 unspecified atom stereocenters. The van der Waals surface area contributed by atoms with Crippen molar-refractivity contribution < 1.29 is 14.7 Å². The summed E-state index contributed by atoms with van der Waals surface area (Å²) in [7, 11) is 0. The number of thioether (sulfide) groups is 1. The molecule has 2 aromatic rings. The molecule has 0 saturated heterocycles. The molecule has 7 heteroatoms. The highest BCUT2D eigenvalue weighted by atomic mass is 35.5. The number of nitrogens with one attached hydrogen (secondary N) is 2. The summed E-state index contributed by atoms with van der Waals surface area (Å²) in [5.41, 5.74) is 1.93. The zero-order valence-electron chi connectivity index (χ0n) is 14.7. The lowest BCUT2D eigenvalue weighted by Crippen LogP contribution is -2.14. The van der Waals surface area contributed by atoms with E-state index in [4.69, 9.17) is 22.1 Å². The van der Waals surface area contributed by atoms with Crippen LogP contribution < -0.4 is 5.32 Å². The third kappa shape index (κ3) is 5.98. The Bertz CT molecular complexity index is 912. The molecule has 0 spiro atoms. The molecule has 3 N–H and O–H groups in total. The molecule has 1 amide bonds. The van der Waals surface area contributed by atoms with Crippen molar-refractivity contribution in [1.82, 2.24) is 0 Å². The number of rotatable bonds is 7. The number of carboxylic acids is 1. The smallest absolute Gasteiger partial charge is 0.337 e. The quantitative estimate of drug-likeness (QED) is 0.430. The SMILES string of the molecule is C=C(CCC(=O)Nc1ccccc1C(=O)O)SC(=N)c1ccc(C)cc1Cl. The van der Waals surface area contributed by atoms with E-state index in [1.54, 1.807) is 30.3 Å². The minimum Gasteiger partial charge on any atom is -0.478 e. The molecule has 0 aliphatic carbocycles. The lowest BCUT2D eigenvalue weighted by molar-refractivity contribution is -0.116. The van der Waals surface area contributed by atoms with Crippen molar-refractivity contribution in [2.45, 2.75) is 19.8 Å². The van der Waals surface area contributed by atoms with Crippen molar-refractivity contribution in [3.63, 3.8) is 0 Å². The van der Waals surface area contributed by atoms with Crippen LogP contribution in [0.15, 0.2) is 53.9 Å². The molecule has 2 aromatic carbocycles. The van der Waals surface area contributed by atoms with Crippen LogP contribution in [0.3, 0.4) is 0 Å². The van der Waals surface area contributed by atoms with Crippen LogP contribution in [0.2, 0.25) is 5.02 Å². The minimum atomic E-state index is -1.10. The molecule has 0 aliphatic rings. The van der Waals surface area contributed by atoms with E-state index in [1.165, 1.54) is 6.07 Å². The summed E-state index contributed by atoms with van der Waals surface area (Å²) in [4.78, 5) is 23.9. The largest absolute Gasteiger partial charge is 0.478 e. The van der Waals surface area contributed by atoms with E-state index in [9.17, 15) is 9.59 Å². The second-order valence-corrected chi connectivity index (χ2v) is 7.45. The summed E-state index contributed by atoms with van der Waals surface area (Å²) in [5, 5.41) is 20.7. The number of hydrogen-bond acceptors (Lipinski definition) is 4. The van der Waals surface area contributed by atoms with Crippen molar-refractivity contribution in [3.8, 4) is 0 Å². The lowest BCUT2D eigenvalue weighted by atomic mass is 10.1. The standard InChI is InChI=1S/C20H19ClN2O3S/c1-12-7-9-14(16(21)11-12)19(22)27-13(2)8-10-18(24)23-17-6-4-3-5-15(17)20(25)26/h3-7,9,11,22H,2,8,10H2,1H3,(H,23,24)(H,25,26). The van der Waals surface area contributed by atoms with Gasteiger partial charge in [0.1, 0.15) is 5.04 Å². The number of carbonyl (C=O) groups excluding carboxylic acids is 1. The number of benzene rings is 2. The van der Waals surface area contributed by atoms with Crippen LogP contribution in [0, 0.1) is 12.3 Å². The van der Waals surface area contributed by atoms with E-state index in [0.717, 1.165) is 17.3 Å². The molecular formula is C20H19ClN2O3S. The molecule has 0 atom stereocenters. The summed E-state index contributed by atoms with van der Waals surface area (Å²) >= 11 is 7.33. The first-order valence-electron chi connectivity index (χ1n) is 8.11. The molecule has 0 aromatic heterocycles. The Hall–Kier alpha value is -2.57. The summed E-state index contributed by atoms with van der Waals surface area (Å²) in [6.45, 7) is 5.82. The van der Waals surface area contributed by atoms with Crippen molar-refractivity contribution in [3.05, 3.63) is 75.7 Å². The number of allylic oxidation sites excluding steroid dienone is 1. The second kappa shape index (κ2) is 9.39. The summed E-state index contributed by atoms with van der Waals surface area (Å²) < 4.78 is 0. The first-order valence-corrected chi connectivity index (χ1v) is 9.30. The van der Waals surface area contributed by atoms with Crippen LogP contribution in [-0.2, 0) is 4.79 Å². The van der Waals surface area contributed by atoms with Crippen LogP contribution >= 0.6 is 23.4 Å². The highest BCUT2D eigenvalue weighted by molar-refractivity contribution is 8.17. The molecule has 0 heterocycles. The Balaban J connectivity index is 1.89. The molecule has 2 rings (SSSR count). The van der Waals surface area contributed by atoms with Gasteiger partial charge in [0, 0.05) is 12.0 Å². The van der Waals surface area contributed by atoms with Crippen LogP contribution in [0.5, 0.6) is 0 Å². The van der Waals surface area contributed by atoms with Crippen LogP contribution in [0.4, 0.5) is 5.69 Å². The van der Waals surface area contributed by atoms with E-state index in [0.29, 0.717) is 21.9 Å². The second-order valence-electron chi connectivity index (χ2n) is 5.85. The zero-order valence-corrected chi connectivity index (χ0v) is 16.3. The molecule has 0 saturated carbocycles. The van der Waals surface area contributed by atoms with Gasteiger partial charge in [0.2, 0.25) is 5.91 Å². The summed E-state index contributed by atoms with van der Waals surface area (Å²) in [6, 6.07) is 11.7. The van der Waals surface area contributed by atoms with Gasteiger partial charge < -0.3 is 10.4 Å². The van der Waals surface area contributed by atoms with Crippen molar-refractivity contribution in [1.29, 1.82) is 5.41 Å². The number of hydrogen-bond donors (Lipinski definition) is 3. The van der Waals surface area contributed by atoms with Crippen molar-refractivity contribution in [2.75, 3.05) is 5.32 Å². The molecule has 0 fully saturated rings. The summed E-state index contributed by atoms with van der Waals surface area (Å²) in [5.74, 6) is -1.42. The first-order chi connectivity index (χ1) is 12.8. The molecule has 0 radical (unpaired) electrons. The van der Waals surface area contributed by atoms with Gasteiger partial charge in [-0.3, -0.25) is 10.2 Å². The topological polar surface area (TPSA) is 90.2 Å². The Morgan fingerprint density at radius 2 is 1.89 bits per heavy atom. The van der Waals surface area contributed by atoms with Gasteiger partial charge in [0.15, 0.2) is 0 Å². The molecule has 0 bridgehead atoms. The average Bonchev–Trinajstić information content (AvgIpc) is 2.60. The third-order valence-electron chi connectivity index (χ3n) is 3.68. The maximum atomic E-state index is 12.1. The zero-order chi connectivity index (χ0) is 20.0. The lowest BCUT2D eigenvalue weighted by Gasteiger charge is -2.10. The van der Waals surface area contributed by atoms with E-state index in [-0.39, 0.29) is 28.6 Å². The van der Waals surface area contributed by atoms with Crippen LogP contribution in [0.25, 0.3) is 0 Å². The van der Waals surface area contributed by atoms with Gasteiger partial charge in [-0.25, -0.2) is 4.79 Å². The number of para-hydroxylation sites is 1. The maximum Gasteiger partial charge on any atom is 0.337 e.